The Morgan fingerprint density at radius 3 is 2.44 bits per heavy atom. The first-order valence-corrected chi connectivity index (χ1v) is 9.93. The molecule has 25 heavy (non-hydrogen) atoms. The van der Waals surface area contributed by atoms with E-state index in [1.807, 2.05) is 51.1 Å². The van der Waals surface area contributed by atoms with E-state index in [0.717, 1.165) is 17.7 Å². The van der Waals surface area contributed by atoms with E-state index < -0.39 is 17.8 Å². The van der Waals surface area contributed by atoms with Crippen LogP contribution in [0.4, 0.5) is 4.79 Å². The summed E-state index contributed by atoms with van der Waals surface area (Å²) in [7, 11) is 0. The van der Waals surface area contributed by atoms with E-state index in [-0.39, 0.29) is 11.3 Å². The lowest BCUT2D eigenvalue weighted by atomic mass is 9.77. The van der Waals surface area contributed by atoms with E-state index in [2.05, 4.69) is 19.2 Å². The van der Waals surface area contributed by atoms with Crippen molar-refractivity contribution in [3.63, 3.8) is 0 Å². The highest BCUT2D eigenvalue weighted by atomic mass is 32.2. The topological polar surface area (TPSA) is 58.6 Å². The van der Waals surface area contributed by atoms with Crippen LogP contribution in [0.5, 0.6) is 0 Å². The summed E-state index contributed by atoms with van der Waals surface area (Å²) in [4.78, 5) is 13.4. The van der Waals surface area contributed by atoms with E-state index in [1.165, 1.54) is 0 Å². The summed E-state index contributed by atoms with van der Waals surface area (Å²) in [5.41, 5.74) is -0.531. The molecule has 1 aliphatic carbocycles. The number of thioether (sulfide) groups is 1. The molecule has 2 rings (SSSR count). The van der Waals surface area contributed by atoms with Gasteiger partial charge in [-0.3, -0.25) is 0 Å². The Labute approximate surface area is 155 Å². The summed E-state index contributed by atoms with van der Waals surface area (Å²) in [6.45, 7) is 9.92. The van der Waals surface area contributed by atoms with Crippen LogP contribution in [-0.4, -0.2) is 34.2 Å². The monoisotopic (exact) mass is 365 g/mol. The second-order valence-corrected chi connectivity index (χ2v) is 9.44. The van der Waals surface area contributed by atoms with Gasteiger partial charge in [-0.15, -0.1) is 11.8 Å². The van der Waals surface area contributed by atoms with E-state index in [9.17, 15) is 9.90 Å². The second kappa shape index (κ2) is 8.45. The first kappa shape index (κ1) is 20.1. The lowest BCUT2D eigenvalue weighted by molar-refractivity contribution is 0.0388. The Bertz CT molecular complexity index is 556. The summed E-state index contributed by atoms with van der Waals surface area (Å²) in [5.74, 6) is 0.864. The van der Waals surface area contributed by atoms with Crippen molar-refractivity contribution in [1.29, 1.82) is 0 Å². The molecule has 0 unspecified atom stereocenters. The first-order valence-electron chi connectivity index (χ1n) is 9.05. The van der Waals surface area contributed by atoms with Gasteiger partial charge in [0.15, 0.2) is 0 Å². The minimum absolute atomic E-state index is 0.0788. The lowest BCUT2D eigenvalue weighted by Gasteiger charge is -2.41. The third-order valence-electron chi connectivity index (χ3n) is 4.54. The molecule has 0 aliphatic heterocycles. The van der Waals surface area contributed by atoms with Crippen molar-refractivity contribution in [3.05, 3.63) is 30.3 Å². The van der Waals surface area contributed by atoms with Crippen molar-refractivity contribution < 1.29 is 14.6 Å². The van der Waals surface area contributed by atoms with Crippen LogP contribution in [0.2, 0.25) is 0 Å². The van der Waals surface area contributed by atoms with Crippen molar-refractivity contribution in [1.82, 2.24) is 5.32 Å². The number of aliphatic hydroxyl groups excluding tert-OH is 1. The van der Waals surface area contributed by atoms with Crippen LogP contribution in [0, 0.1) is 11.8 Å². The zero-order valence-corrected chi connectivity index (χ0v) is 16.7. The molecule has 0 aromatic heterocycles. The number of aliphatic hydroxyl groups is 1. The van der Waals surface area contributed by atoms with Gasteiger partial charge in [-0.1, -0.05) is 32.0 Å². The smallest absolute Gasteiger partial charge is 0.407 e. The lowest BCUT2D eigenvalue weighted by Crippen LogP contribution is -2.53. The van der Waals surface area contributed by atoms with Gasteiger partial charge in [0.25, 0.3) is 0 Å². The van der Waals surface area contributed by atoms with Crippen LogP contribution >= 0.6 is 11.8 Å². The van der Waals surface area contributed by atoms with Crippen LogP contribution in [0.1, 0.15) is 47.5 Å². The van der Waals surface area contributed by atoms with Gasteiger partial charge >= 0.3 is 6.09 Å². The molecule has 0 radical (unpaired) electrons. The van der Waals surface area contributed by atoms with E-state index in [0.29, 0.717) is 11.8 Å². The predicted molar refractivity (Wildman–Crippen MR) is 103 cm³/mol. The number of carbonyl (C=O) groups excluding carboxylic acids is 1. The molecule has 1 saturated carbocycles. The average Bonchev–Trinajstić information content (AvgIpc) is 2.49. The fraction of sp³-hybridized carbons (Fsp3) is 0.650. The third kappa shape index (κ3) is 6.23. The number of alkyl carbamates (subject to hydrolysis) is 1. The Morgan fingerprint density at radius 1 is 1.24 bits per heavy atom. The highest BCUT2D eigenvalue weighted by Gasteiger charge is 2.39. The van der Waals surface area contributed by atoms with Gasteiger partial charge < -0.3 is 15.2 Å². The summed E-state index contributed by atoms with van der Waals surface area (Å²) >= 11 is 1.63. The third-order valence-corrected chi connectivity index (χ3v) is 6.00. The van der Waals surface area contributed by atoms with Gasteiger partial charge in [-0.2, -0.15) is 0 Å². The number of benzene rings is 1. The Kier molecular flexibility index (Phi) is 6.80. The SMILES string of the molecule is CC(C)[C@H]1C[C@@H](O)[C@@H](Sc2ccccc2)[C@H](NC(=O)OC(C)(C)C)C1. The van der Waals surface area contributed by atoms with Gasteiger partial charge in [-0.05, 0) is 57.6 Å². The van der Waals surface area contributed by atoms with E-state index in [1.54, 1.807) is 11.8 Å². The molecule has 4 nitrogen and oxygen atoms in total. The minimum atomic E-state index is -0.531. The molecule has 1 amide bonds. The number of ether oxygens (including phenoxy) is 1. The largest absolute Gasteiger partial charge is 0.444 e. The molecule has 0 spiro atoms. The van der Waals surface area contributed by atoms with Crippen LogP contribution in [0.25, 0.3) is 0 Å². The van der Waals surface area contributed by atoms with E-state index in [4.69, 9.17) is 4.74 Å². The highest BCUT2D eigenvalue weighted by molar-refractivity contribution is 8.00. The number of hydrogen-bond acceptors (Lipinski definition) is 4. The number of amides is 1. The Morgan fingerprint density at radius 2 is 1.88 bits per heavy atom. The van der Waals surface area contributed by atoms with Crippen LogP contribution in [-0.2, 0) is 4.74 Å². The first-order chi connectivity index (χ1) is 11.7. The average molecular weight is 366 g/mol. The molecular weight excluding hydrogens is 334 g/mol. The number of rotatable bonds is 4. The van der Waals surface area contributed by atoms with Crippen LogP contribution < -0.4 is 5.32 Å². The second-order valence-electron chi connectivity index (χ2n) is 8.19. The van der Waals surface area contributed by atoms with Crippen LogP contribution in [0.15, 0.2) is 35.2 Å². The molecular formula is C20H31NO3S. The van der Waals surface area contributed by atoms with Crippen molar-refractivity contribution in [2.45, 2.75) is 75.4 Å². The van der Waals surface area contributed by atoms with Gasteiger partial charge in [0.2, 0.25) is 0 Å². The molecule has 0 heterocycles. The standard InChI is InChI=1S/C20H31NO3S/c1-13(2)14-11-16(21-19(23)24-20(3,4)5)18(17(22)12-14)25-15-9-7-6-8-10-15/h6-10,13-14,16-18,22H,11-12H2,1-5H3,(H,21,23)/t14-,16-,17-,18+/m1/s1. The van der Waals surface area contributed by atoms with Crippen molar-refractivity contribution in [3.8, 4) is 0 Å². The molecule has 0 bridgehead atoms. The maximum Gasteiger partial charge on any atom is 0.407 e. The fourth-order valence-corrected chi connectivity index (χ4v) is 4.47. The minimum Gasteiger partial charge on any atom is -0.444 e. The summed E-state index contributed by atoms with van der Waals surface area (Å²) in [5, 5.41) is 13.7. The molecule has 4 atom stereocenters. The predicted octanol–water partition coefficient (Wildman–Crippen LogP) is 4.47. The van der Waals surface area contributed by atoms with Crippen molar-refractivity contribution >= 4 is 17.9 Å². The van der Waals surface area contributed by atoms with Crippen molar-refractivity contribution in [2.75, 3.05) is 0 Å². The molecule has 1 aromatic rings. The maximum absolute atomic E-state index is 12.3. The van der Waals surface area contributed by atoms with Crippen molar-refractivity contribution in [2.24, 2.45) is 11.8 Å². The molecule has 1 aromatic carbocycles. The van der Waals surface area contributed by atoms with Gasteiger partial charge in [0.05, 0.1) is 11.4 Å². The Balaban J connectivity index is 2.13. The van der Waals surface area contributed by atoms with Gasteiger partial charge in [0.1, 0.15) is 5.60 Å². The number of nitrogens with one attached hydrogen (secondary N) is 1. The molecule has 2 N–H and O–H groups in total. The summed E-state index contributed by atoms with van der Waals surface area (Å²) < 4.78 is 5.43. The van der Waals surface area contributed by atoms with Crippen LogP contribution in [0.3, 0.4) is 0 Å². The molecule has 1 fully saturated rings. The molecule has 140 valence electrons. The fourth-order valence-electron chi connectivity index (χ4n) is 3.23. The number of hydrogen-bond donors (Lipinski definition) is 2. The number of carbonyl (C=O) groups is 1. The molecule has 1 aliphatic rings. The highest BCUT2D eigenvalue weighted by Crippen LogP contribution is 2.39. The zero-order chi connectivity index (χ0) is 18.6. The molecule has 0 saturated heterocycles. The summed E-state index contributed by atoms with van der Waals surface area (Å²) in [6.07, 6.45) is 0.770. The van der Waals surface area contributed by atoms with Gasteiger partial charge in [-0.25, -0.2) is 4.79 Å². The maximum atomic E-state index is 12.3. The van der Waals surface area contributed by atoms with E-state index >= 15 is 0 Å². The molecule has 5 heteroatoms. The zero-order valence-electron chi connectivity index (χ0n) is 15.9. The Hall–Kier alpha value is -1.20. The summed E-state index contributed by atoms with van der Waals surface area (Å²) in [6, 6.07) is 9.92. The van der Waals surface area contributed by atoms with Gasteiger partial charge in [0, 0.05) is 10.9 Å². The quantitative estimate of drug-likeness (QED) is 0.827. The normalized spacial score (nSPS) is 27.2.